The zero-order valence-corrected chi connectivity index (χ0v) is 9.70. The van der Waals surface area contributed by atoms with Crippen LogP contribution in [0.4, 0.5) is 0 Å². The molecular weight excluding hydrogens is 208 g/mol. The minimum Gasteiger partial charge on any atom is -0.502 e. The molecule has 82 valence electrons. The van der Waals surface area contributed by atoms with E-state index in [1.54, 1.807) is 6.26 Å². The Kier molecular flexibility index (Phi) is 5.78. The Bertz CT molecular complexity index is 320. The van der Waals surface area contributed by atoms with Gasteiger partial charge in [-0.2, -0.15) is 0 Å². The summed E-state index contributed by atoms with van der Waals surface area (Å²) in [6.07, 6.45) is 4.36. The van der Waals surface area contributed by atoms with Gasteiger partial charge in [0, 0.05) is 10.6 Å². The third-order valence-electron chi connectivity index (χ3n) is 1.84. The predicted molar refractivity (Wildman–Crippen MR) is 63.1 cm³/mol. The van der Waals surface area contributed by atoms with Crippen molar-refractivity contribution in [2.24, 2.45) is 0 Å². The van der Waals surface area contributed by atoms with E-state index in [-0.39, 0.29) is 0 Å². The quantitative estimate of drug-likeness (QED) is 0.694. The molecule has 1 aromatic rings. The third kappa shape index (κ3) is 4.79. The summed E-state index contributed by atoms with van der Waals surface area (Å²) < 4.78 is 16.8. The first-order valence-corrected chi connectivity index (χ1v) is 6.36. The summed E-state index contributed by atoms with van der Waals surface area (Å²) >= 11 is 0. The van der Waals surface area contributed by atoms with Crippen LogP contribution in [-0.4, -0.2) is 16.6 Å². The average molecular weight is 224 g/mol. The largest absolute Gasteiger partial charge is 0.502 e. The van der Waals surface area contributed by atoms with Gasteiger partial charge in [0.05, 0.1) is 23.7 Å². The van der Waals surface area contributed by atoms with E-state index in [0.29, 0.717) is 12.4 Å². The van der Waals surface area contributed by atoms with Gasteiger partial charge in [0.25, 0.3) is 0 Å². The second-order valence-electron chi connectivity index (χ2n) is 2.98. The second kappa shape index (κ2) is 7.23. The fourth-order valence-corrected chi connectivity index (χ4v) is 2.14. The van der Waals surface area contributed by atoms with Crippen molar-refractivity contribution in [3.8, 4) is 0 Å². The van der Waals surface area contributed by atoms with E-state index in [4.69, 9.17) is 4.74 Å². The molecule has 0 saturated carbocycles. The highest BCUT2D eigenvalue weighted by Gasteiger charge is 2.00. The molecule has 0 heterocycles. The molecule has 0 aromatic heterocycles. The van der Waals surface area contributed by atoms with Crippen LogP contribution < -0.4 is 0 Å². The molecule has 1 unspecified atom stereocenters. The molecule has 2 nitrogen and oxygen atoms in total. The molecular formula is C12H16O2S. The lowest BCUT2D eigenvalue weighted by atomic mass is 10.4. The topological polar surface area (TPSA) is 26.3 Å². The van der Waals surface area contributed by atoms with Crippen LogP contribution in [0.1, 0.15) is 13.3 Å². The number of hydrogen-bond donors (Lipinski definition) is 0. The number of allylic oxidation sites excluding steroid dienone is 1. The summed E-state index contributed by atoms with van der Waals surface area (Å²) in [7, 11) is -0.896. The van der Waals surface area contributed by atoms with Gasteiger partial charge < -0.3 is 4.74 Å². The molecule has 3 heteroatoms. The van der Waals surface area contributed by atoms with Gasteiger partial charge in [-0.25, -0.2) is 0 Å². The van der Waals surface area contributed by atoms with Crippen LogP contribution in [0.25, 0.3) is 0 Å². The molecule has 0 N–H and O–H groups in total. The van der Waals surface area contributed by atoms with Crippen molar-refractivity contribution in [1.29, 1.82) is 0 Å². The maximum Gasteiger partial charge on any atom is 0.0845 e. The zero-order valence-electron chi connectivity index (χ0n) is 8.89. The molecule has 0 aliphatic carbocycles. The van der Waals surface area contributed by atoms with Crippen molar-refractivity contribution in [1.82, 2.24) is 0 Å². The van der Waals surface area contributed by atoms with Crippen LogP contribution in [0, 0.1) is 0 Å². The summed E-state index contributed by atoms with van der Waals surface area (Å²) in [5.41, 5.74) is 0. The third-order valence-corrected chi connectivity index (χ3v) is 3.24. The monoisotopic (exact) mass is 224 g/mol. The highest BCUT2D eigenvalue weighted by molar-refractivity contribution is 7.85. The molecule has 1 atom stereocenters. The molecule has 1 rings (SSSR count). The SMILES string of the molecule is CCO/C=C/CCS(=O)c1ccccc1. The van der Waals surface area contributed by atoms with E-state index in [1.165, 1.54) is 0 Å². The number of rotatable bonds is 6. The Morgan fingerprint density at radius 3 is 2.73 bits per heavy atom. The normalized spacial score (nSPS) is 12.9. The Hall–Kier alpha value is -1.09. The standard InChI is InChI=1S/C12H16O2S/c1-2-14-10-6-7-11-15(13)12-8-4-3-5-9-12/h3-6,8-10H,2,7,11H2,1H3/b10-6+. The average Bonchev–Trinajstić information content (AvgIpc) is 2.30. The van der Waals surface area contributed by atoms with E-state index in [0.717, 1.165) is 11.3 Å². The molecule has 15 heavy (non-hydrogen) atoms. The van der Waals surface area contributed by atoms with Gasteiger partial charge in [-0.3, -0.25) is 4.21 Å². The molecule has 0 aliphatic heterocycles. The number of benzene rings is 1. The van der Waals surface area contributed by atoms with Crippen molar-refractivity contribution in [2.75, 3.05) is 12.4 Å². The summed E-state index contributed by atoms with van der Waals surface area (Å²) in [5, 5.41) is 0. The Morgan fingerprint density at radius 2 is 2.07 bits per heavy atom. The fraction of sp³-hybridized carbons (Fsp3) is 0.333. The lowest BCUT2D eigenvalue weighted by Gasteiger charge is -1.99. The van der Waals surface area contributed by atoms with Gasteiger partial charge in [-0.15, -0.1) is 0 Å². The molecule has 0 fully saturated rings. The highest BCUT2D eigenvalue weighted by Crippen LogP contribution is 2.06. The molecule has 0 spiro atoms. The maximum absolute atomic E-state index is 11.7. The van der Waals surface area contributed by atoms with Crippen LogP contribution in [0.3, 0.4) is 0 Å². The van der Waals surface area contributed by atoms with Gasteiger partial charge in [0.2, 0.25) is 0 Å². The first kappa shape index (κ1) is 12.0. The lowest BCUT2D eigenvalue weighted by Crippen LogP contribution is -1.96. The van der Waals surface area contributed by atoms with Crippen LogP contribution in [0.2, 0.25) is 0 Å². The van der Waals surface area contributed by atoms with Gasteiger partial charge in [0.1, 0.15) is 0 Å². The summed E-state index contributed by atoms with van der Waals surface area (Å²) in [6.45, 7) is 2.62. The predicted octanol–water partition coefficient (Wildman–Crippen LogP) is 2.73. The maximum atomic E-state index is 11.7. The minimum absolute atomic E-state index is 0.646. The molecule has 0 bridgehead atoms. The second-order valence-corrected chi connectivity index (χ2v) is 4.55. The van der Waals surface area contributed by atoms with E-state index >= 15 is 0 Å². The molecule has 0 radical (unpaired) electrons. The first-order chi connectivity index (χ1) is 7.34. The van der Waals surface area contributed by atoms with Crippen LogP contribution >= 0.6 is 0 Å². The Morgan fingerprint density at radius 1 is 1.33 bits per heavy atom. The Balaban J connectivity index is 2.31. The summed E-state index contributed by atoms with van der Waals surface area (Å²) in [5.74, 6) is 0.646. The number of ether oxygens (including phenoxy) is 1. The van der Waals surface area contributed by atoms with Crippen LogP contribution in [0.15, 0.2) is 47.6 Å². The van der Waals surface area contributed by atoms with Crippen molar-refractivity contribution < 1.29 is 8.95 Å². The van der Waals surface area contributed by atoms with Crippen molar-refractivity contribution >= 4 is 10.8 Å². The summed E-state index contributed by atoms with van der Waals surface area (Å²) in [4.78, 5) is 0.891. The van der Waals surface area contributed by atoms with Gasteiger partial charge >= 0.3 is 0 Å². The van der Waals surface area contributed by atoms with E-state index in [2.05, 4.69) is 0 Å². The van der Waals surface area contributed by atoms with Crippen LogP contribution in [0.5, 0.6) is 0 Å². The van der Waals surface area contributed by atoms with E-state index in [9.17, 15) is 4.21 Å². The summed E-state index contributed by atoms with van der Waals surface area (Å²) in [6, 6.07) is 9.52. The Labute approximate surface area is 93.4 Å². The van der Waals surface area contributed by atoms with Gasteiger partial charge in [0.15, 0.2) is 0 Å². The fourth-order valence-electron chi connectivity index (χ4n) is 1.10. The zero-order chi connectivity index (χ0) is 10.9. The lowest BCUT2D eigenvalue weighted by molar-refractivity contribution is 0.268. The highest BCUT2D eigenvalue weighted by atomic mass is 32.2. The van der Waals surface area contributed by atoms with Gasteiger partial charge in [-0.05, 0) is 31.6 Å². The van der Waals surface area contributed by atoms with Crippen molar-refractivity contribution in [3.63, 3.8) is 0 Å². The first-order valence-electron chi connectivity index (χ1n) is 5.04. The molecule has 0 amide bonds. The van der Waals surface area contributed by atoms with Crippen LogP contribution in [-0.2, 0) is 15.5 Å². The van der Waals surface area contributed by atoms with Gasteiger partial charge in [-0.1, -0.05) is 18.2 Å². The number of hydrogen-bond acceptors (Lipinski definition) is 2. The van der Waals surface area contributed by atoms with Crippen molar-refractivity contribution in [3.05, 3.63) is 42.7 Å². The van der Waals surface area contributed by atoms with E-state index in [1.807, 2.05) is 43.3 Å². The molecule has 1 aromatic carbocycles. The smallest absolute Gasteiger partial charge is 0.0845 e. The minimum atomic E-state index is -0.896. The molecule has 0 saturated heterocycles. The molecule has 0 aliphatic rings. The van der Waals surface area contributed by atoms with E-state index < -0.39 is 10.8 Å². The van der Waals surface area contributed by atoms with Crippen molar-refractivity contribution in [2.45, 2.75) is 18.2 Å².